The molecule has 1 aromatic carbocycles. The summed E-state index contributed by atoms with van der Waals surface area (Å²) in [4.78, 5) is 60.9. The molecule has 3 fully saturated rings. The van der Waals surface area contributed by atoms with E-state index in [-0.39, 0.29) is 91.6 Å². The molecule has 4 aliphatic rings. The smallest absolute Gasteiger partial charge is 0.332 e. The molecule has 13 heteroatoms. The van der Waals surface area contributed by atoms with Gasteiger partial charge in [-0.2, -0.15) is 0 Å². The van der Waals surface area contributed by atoms with Crippen LogP contribution in [0.1, 0.15) is 88.4 Å². The Labute approximate surface area is 293 Å². The van der Waals surface area contributed by atoms with Crippen molar-refractivity contribution in [1.82, 2.24) is 5.32 Å². The van der Waals surface area contributed by atoms with Gasteiger partial charge < -0.3 is 40.4 Å². The van der Waals surface area contributed by atoms with Crippen LogP contribution >= 0.6 is 0 Å². The van der Waals surface area contributed by atoms with E-state index in [2.05, 4.69) is 30.6 Å². The number of phenols is 1. The van der Waals surface area contributed by atoms with Crippen LogP contribution in [0.15, 0.2) is 23.8 Å². The van der Waals surface area contributed by atoms with Gasteiger partial charge in [0.2, 0.25) is 11.8 Å². The largest absolute Gasteiger partial charge is 0.505 e. The van der Waals surface area contributed by atoms with Gasteiger partial charge in [-0.3, -0.25) is 19.2 Å². The third-order valence-electron chi connectivity index (χ3n) is 11.7. The van der Waals surface area contributed by atoms with Gasteiger partial charge in [0.1, 0.15) is 29.8 Å². The maximum atomic E-state index is 12.7. The molecule has 4 aliphatic carbocycles. The normalized spacial score (nSPS) is 28.4. The summed E-state index contributed by atoms with van der Waals surface area (Å²) in [6, 6.07) is 2.75. The lowest BCUT2D eigenvalue weighted by molar-refractivity contribution is -0.164. The lowest BCUT2D eigenvalue weighted by atomic mass is 9.48. The highest BCUT2D eigenvalue weighted by atomic mass is 16.6. The number of nitrogens with one attached hydrogen (secondary N) is 2. The number of ketones is 1. The number of fused-ring (bicyclic) bond motifs is 5. The number of hydrogen-bond acceptors (Lipinski definition) is 10. The van der Waals surface area contributed by atoms with Crippen LogP contribution in [0.25, 0.3) is 0 Å². The van der Waals surface area contributed by atoms with E-state index in [1.54, 1.807) is 0 Å². The number of benzene rings is 1. The minimum Gasteiger partial charge on any atom is -0.505 e. The average molecular weight is 698 g/mol. The van der Waals surface area contributed by atoms with Crippen LogP contribution in [0, 0.1) is 28.6 Å². The molecule has 3 saturated carbocycles. The van der Waals surface area contributed by atoms with E-state index >= 15 is 0 Å². The van der Waals surface area contributed by atoms with Crippen LogP contribution in [0.2, 0.25) is 0 Å². The second kappa shape index (κ2) is 15.9. The summed E-state index contributed by atoms with van der Waals surface area (Å²) in [7, 11) is 1.32. The van der Waals surface area contributed by atoms with E-state index in [4.69, 9.17) is 24.7 Å². The molecule has 6 unspecified atom stereocenters. The molecular formula is C37H51N3O10. The van der Waals surface area contributed by atoms with Crippen molar-refractivity contribution in [2.75, 3.05) is 45.4 Å². The van der Waals surface area contributed by atoms with Crippen molar-refractivity contribution >= 4 is 35.2 Å². The Morgan fingerprint density at radius 3 is 2.50 bits per heavy atom. The third-order valence-corrected chi connectivity index (χ3v) is 11.7. The van der Waals surface area contributed by atoms with Crippen molar-refractivity contribution in [2.45, 2.75) is 84.2 Å². The molecule has 0 spiro atoms. The first-order valence-corrected chi connectivity index (χ1v) is 17.7. The Morgan fingerprint density at radius 2 is 1.74 bits per heavy atom. The summed E-state index contributed by atoms with van der Waals surface area (Å²) >= 11 is 0. The van der Waals surface area contributed by atoms with Gasteiger partial charge in [-0.05, 0) is 73.8 Å². The van der Waals surface area contributed by atoms with Crippen LogP contribution in [0.4, 0.5) is 5.69 Å². The van der Waals surface area contributed by atoms with E-state index in [9.17, 15) is 29.1 Å². The molecule has 3 amide bonds. The molecule has 0 bridgehead atoms. The van der Waals surface area contributed by atoms with Gasteiger partial charge in [0.25, 0.3) is 5.91 Å². The van der Waals surface area contributed by atoms with Gasteiger partial charge in [-0.1, -0.05) is 25.5 Å². The van der Waals surface area contributed by atoms with E-state index < -0.39 is 17.6 Å². The first-order valence-electron chi connectivity index (χ1n) is 17.7. The molecule has 5 N–H and O–H groups in total. The molecule has 1 aromatic rings. The molecule has 0 aromatic heterocycles. The standard InChI is InChI=1S/C37H51N3O10/c1-36-14-12-23(41)20-22(36)4-5-24-25-6-9-29(37(25,2)15-13-26(24)36)50-32(44)21-49-19-18-48-17-16-39-30(42)10-11-31(43)40-27-7-8-28(47-3)33(34(27)45)35(38)46/h4,7-8,24-26,29,45H,5-6,9-21H2,1-3H3,(H2,38,46)(H,39,42)(H,40,43). The highest BCUT2D eigenvalue weighted by Crippen LogP contribution is 2.65. The second-order valence-electron chi connectivity index (χ2n) is 14.5. The number of amides is 3. The average Bonchev–Trinajstić information content (AvgIpc) is 3.41. The number of primary amides is 1. The molecule has 5 rings (SSSR count). The molecular weight excluding hydrogens is 646 g/mol. The zero-order valence-corrected chi connectivity index (χ0v) is 29.3. The van der Waals surface area contributed by atoms with Crippen LogP contribution in [0.5, 0.6) is 11.5 Å². The maximum Gasteiger partial charge on any atom is 0.332 e. The van der Waals surface area contributed by atoms with Crippen molar-refractivity contribution in [3.05, 3.63) is 29.3 Å². The number of carbonyl (C=O) groups is 5. The molecule has 50 heavy (non-hydrogen) atoms. The first kappa shape index (κ1) is 37.3. The molecule has 0 heterocycles. The Bertz CT molecular complexity index is 1510. The minimum atomic E-state index is -0.915. The number of allylic oxidation sites excluding steroid dienone is 2. The fraction of sp³-hybridized carbons (Fsp3) is 0.649. The SMILES string of the molecule is COc1ccc(NC(=O)CCC(=O)NCCOCCOCC(=O)OC2CCC3C4CC=C5CC(=O)CCC5(C)C4CCC23C)c(O)c1C(N)=O. The zero-order chi connectivity index (χ0) is 36.1. The Hall–Kier alpha value is -3.97. The second-order valence-corrected chi connectivity index (χ2v) is 14.5. The Morgan fingerprint density at radius 1 is 0.980 bits per heavy atom. The summed E-state index contributed by atoms with van der Waals surface area (Å²) in [5.41, 5.74) is 6.45. The zero-order valence-electron chi connectivity index (χ0n) is 29.3. The first-order chi connectivity index (χ1) is 23.9. The van der Waals surface area contributed by atoms with Crippen LogP contribution in [-0.2, 0) is 33.4 Å². The molecule has 0 aliphatic heterocycles. The fourth-order valence-electron chi connectivity index (χ4n) is 9.06. The number of rotatable bonds is 15. The number of ether oxygens (including phenoxy) is 4. The monoisotopic (exact) mass is 697 g/mol. The molecule has 274 valence electrons. The predicted octanol–water partition coefficient (Wildman–Crippen LogP) is 3.81. The number of esters is 1. The lowest BCUT2D eigenvalue weighted by Gasteiger charge is -2.57. The molecule has 0 saturated heterocycles. The number of hydrogen-bond donors (Lipinski definition) is 4. The Kier molecular flexibility index (Phi) is 11.9. The van der Waals surface area contributed by atoms with E-state index in [0.29, 0.717) is 36.4 Å². The van der Waals surface area contributed by atoms with Crippen molar-refractivity contribution in [3.63, 3.8) is 0 Å². The highest BCUT2D eigenvalue weighted by molar-refractivity contribution is 6.03. The van der Waals surface area contributed by atoms with Crippen molar-refractivity contribution in [1.29, 1.82) is 0 Å². The molecule has 13 nitrogen and oxygen atoms in total. The van der Waals surface area contributed by atoms with Gasteiger partial charge in [0, 0.05) is 37.6 Å². The summed E-state index contributed by atoms with van der Waals surface area (Å²) in [6.07, 6.45) is 9.33. The fourth-order valence-corrected chi connectivity index (χ4v) is 9.06. The molecule has 6 atom stereocenters. The van der Waals surface area contributed by atoms with Gasteiger partial charge in [-0.25, -0.2) is 4.79 Å². The van der Waals surface area contributed by atoms with Gasteiger partial charge in [0.15, 0.2) is 5.75 Å². The topological polar surface area (TPSA) is 193 Å². The number of Topliss-reactive ketones (excluding diaryl/α,β-unsaturated/α-hetero) is 1. The predicted molar refractivity (Wildman–Crippen MR) is 182 cm³/mol. The molecule has 0 radical (unpaired) electrons. The van der Waals surface area contributed by atoms with Crippen LogP contribution in [-0.4, -0.2) is 80.8 Å². The lowest BCUT2D eigenvalue weighted by Crippen LogP contribution is -2.51. The number of aromatic hydroxyl groups is 1. The Balaban J connectivity index is 0.933. The van der Waals surface area contributed by atoms with Crippen LogP contribution in [0.3, 0.4) is 0 Å². The highest BCUT2D eigenvalue weighted by Gasteiger charge is 2.59. The summed E-state index contributed by atoms with van der Waals surface area (Å²) < 4.78 is 22.0. The number of carbonyl (C=O) groups excluding carboxylic acids is 5. The number of nitrogens with two attached hydrogens (primary N) is 1. The van der Waals surface area contributed by atoms with Gasteiger partial charge in [0.05, 0.1) is 32.6 Å². The summed E-state index contributed by atoms with van der Waals surface area (Å²) in [5, 5.41) is 15.4. The summed E-state index contributed by atoms with van der Waals surface area (Å²) in [5.74, 6) is -0.594. The minimum absolute atomic E-state index is 0.0252. The van der Waals surface area contributed by atoms with Crippen molar-refractivity contribution < 1.29 is 48.0 Å². The van der Waals surface area contributed by atoms with Crippen molar-refractivity contribution in [3.8, 4) is 11.5 Å². The van der Waals surface area contributed by atoms with E-state index in [1.807, 2.05) is 0 Å². The van der Waals surface area contributed by atoms with E-state index in [0.717, 1.165) is 38.5 Å². The summed E-state index contributed by atoms with van der Waals surface area (Å²) in [6.45, 7) is 5.39. The van der Waals surface area contributed by atoms with Gasteiger partial charge in [-0.15, -0.1) is 0 Å². The number of anilines is 1. The maximum absolute atomic E-state index is 12.7. The van der Waals surface area contributed by atoms with E-state index in [1.165, 1.54) is 24.8 Å². The van der Waals surface area contributed by atoms with Crippen molar-refractivity contribution in [2.24, 2.45) is 34.3 Å². The van der Waals surface area contributed by atoms with Crippen LogP contribution < -0.4 is 21.1 Å². The van der Waals surface area contributed by atoms with Gasteiger partial charge >= 0.3 is 5.97 Å². The number of methoxy groups -OCH3 is 1. The quantitative estimate of drug-likeness (QED) is 0.0907. The third kappa shape index (κ3) is 7.99.